The van der Waals surface area contributed by atoms with Crippen LogP contribution in [0.25, 0.3) is 6.08 Å². The molecular formula is C25H19F4N3O6. The van der Waals surface area contributed by atoms with Crippen molar-refractivity contribution >= 4 is 29.7 Å². The Kier molecular flexibility index (Phi) is 6.29. The number of carbonyl (C=O) groups excluding carboxylic acids is 4. The molecule has 3 heterocycles. The summed E-state index contributed by atoms with van der Waals surface area (Å²) < 4.78 is 62.5. The van der Waals surface area contributed by atoms with Crippen molar-refractivity contribution in [3.8, 4) is 11.5 Å². The van der Waals surface area contributed by atoms with Gasteiger partial charge in [-0.3, -0.25) is 24.5 Å². The van der Waals surface area contributed by atoms with Crippen molar-refractivity contribution in [2.75, 3.05) is 6.61 Å². The minimum atomic E-state index is -4.91. The normalized spacial score (nSPS) is 18.7. The van der Waals surface area contributed by atoms with E-state index in [9.17, 15) is 32.3 Å². The van der Waals surface area contributed by atoms with Gasteiger partial charge in [-0.25, -0.2) is 4.39 Å². The molecule has 198 valence electrons. The summed E-state index contributed by atoms with van der Waals surface area (Å²) >= 11 is 0. The van der Waals surface area contributed by atoms with E-state index in [4.69, 9.17) is 4.74 Å². The predicted octanol–water partition coefficient (Wildman–Crippen LogP) is 2.58. The Morgan fingerprint density at radius 2 is 1.97 bits per heavy atom. The summed E-state index contributed by atoms with van der Waals surface area (Å²) in [6, 6.07) is 5.74. The minimum Gasteiger partial charge on any atom is -0.484 e. The molecule has 1 atom stereocenters. The fourth-order valence-corrected chi connectivity index (χ4v) is 4.59. The molecule has 0 saturated carbocycles. The molecule has 9 nitrogen and oxygen atoms in total. The topological polar surface area (TPSA) is 114 Å². The molecule has 0 spiro atoms. The first-order chi connectivity index (χ1) is 18.0. The Morgan fingerprint density at radius 3 is 2.71 bits per heavy atom. The molecule has 38 heavy (non-hydrogen) atoms. The van der Waals surface area contributed by atoms with Crippen molar-refractivity contribution in [1.29, 1.82) is 0 Å². The zero-order valence-electron chi connectivity index (χ0n) is 19.5. The molecule has 2 aromatic carbocycles. The first-order valence-corrected chi connectivity index (χ1v) is 11.5. The highest BCUT2D eigenvalue weighted by Crippen LogP contribution is 2.38. The summed E-state index contributed by atoms with van der Waals surface area (Å²) in [5, 5.41) is 4.72. The molecule has 0 aromatic heterocycles. The van der Waals surface area contributed by atoms with Crippen LogP contribution in [-0.2, 0) is 27.5 Å². The molecule has 2 N–H and O–H groups in total. The Morgan fingerprint density at radius 1 is 1.18 bits per heavy atom. The van der Waals surface area contributed by atoms with Gasteiger partial charge in [0.2, 0.25) is 11.8 Å². The molecule has 3 aliphatic heterocycles. The lowest BCUT2D eigenvalue weighted by molar-refractivity contribution is -0.275. The van der Waals surface area contributed by atoms with Crippen LogP contribution in [0.3, 0.4) is 0 Å². The number of rotatable bonds is 5. The molecule has 0 bridgehead atoms. The summed E-state index contributed by atoms with van der Waals surface area (Å²) in [7, 11) is 0. The lowest BCUT2D eigenvalue weighted by Gasteiger charge is -2.29. The second-order valence-corrected chi connectivity index (χ2v) is 8.83. The van der Waals surface area contributed by atoms with E-state index >= 15 is 4.39 Å². The standard InChI is InChI=1S/C25H19F4N3O6/c26-20-13(4-5-15-16(20)10-32(24(15)36)17-6-7-19(33)31-23(17)35)9-30-22(34)14-8-12-2-1-3-18(21(12)37-11-14)38-25(27,28)29/h1-5,8,17H,6-7,9-11H2,(H,30,34)(H,31,33,35). The summed E-state index contributed by atoms with van der Waals surface area (Å²) in [6.45, 7) is -0.739. The van der Waals surface area contributed by atoms with E-state index in [1.807, 2.05) is 0 Å². The fourth-order valence-electron chi connectivity index (χ4n) is 4.59. The third kappa shape index (κ3) is 4.78. The molecule has 13 heteroatoms. The van der Waals surface area contributed by atoms with Gasteiger partial charge in [0, 0.05) is 35.2 Å². The zero-order valence-corrected chi connectivity index (χ0v) is 19.5. The number of alkyl halides is 3. The van der Waals surface area contributed by atoms with E-state index in [1.165, 1.54) is 35.2 Å². The van der Waals surface area contributed by atoms with Crippen molar-refractivity contribution in [1.82, 2.24) is 15.5 Å². The number of nitrogens with zero attached hydrogens (tertiary/aromatic N) is 1. The number of piperidine rings is 1. The number of halogens is 4. The number of hydrogen-bond acceptors (Lipinski definition) is 6. The first-order valence-electron chi connectivity index (χ1n) is 11.5. The number of para-hydroxylation sites is 1. The molecule has 5 rings (SSSR count). The van der Waals surface area contributed by atoms with E-state index in [2.05, 4.69) is 15.4 Å². The van der Waals surface area contributed by atoms with E-state index < -0.39 is 47.6 Å². The Hall–Kier alpha value is -4.42. The lowest BCUT2D eigenvalue weighted by Crippen LogP contribution is -2.52. The van der Waals surface area contributed by atoms with Crippen LogP contribution < -0.4 is 20.1 Å². The van der Waals surface area contributed by atoms with Gasteiger partial charge in [0.25, 0.3) is 11.8 Å². The van der Waals surface area contributed by atoms with Gasteiger partial charge in [0.1, 0.15) is 18.5 Å². The van der Waals surface area contributed by atoms with E-state index in [0.717, 1.165) is 6.07 Å². The van der Waals surface area contributed by atoms with Crippen LogP contribution in [0.4, 0.5) is 17.6 Å². The summed E-state index contributed by atoms with van der Waals surface area (Å²) in [4.78, 5) is 50.3. The largest absolute Gasteiger partial charge is 0.573 e. The average molecular weight is 533 g/mol. The van der Waals surface area contributed by atoms with Crippen molar-refractivity contribution in [2.45, 2.75) is 38.3 Å². The van der Waals surface area contributed by atoms with Crippen LogP contribution in [-0.4, -0.2) is 47.5 Å². The first kappa shape index (κ1) is 25.2. The summed E-state index contributed by atoms with van der Waals surface area (Å²) in [5.41, 5.74) is 0.576. The number of carbonyl (C=O) groups is 4. The summed E-state index contributed by atoms with van der Waals surface area (Å²) in [5.74, 6) is -3.60. The van der Waals surface area contributed by atoms with Gasteiger partial charge in [-0.15, -0.1) is 13.2 Å². The van der Waals surface area contributed by atoms with Crippen LogP contribution in [0.5, 0.6) is 11.5 Å². The quantitative estimate of drug-likeness (QED) is 0.451. The Balaban J connectivity index is 1.28. The number of benzene rings is 2. The second kappa shape index (κ2) is 9.47. The third-order valence-electron chi connectivity index (χ3n) is 6.40. The van der Waals surface area contributed by atoms with Crippen LogP contribution in [0.1, 0.15) is 39.9 Å². The second-order valence-electron chi connectivity index (χ2n) is 8.83. The van der Waals surface area contributed by atoms with Gasteiger partial charge >= 0.3 is 6.36 Å². The van der Waals surface area contributed by atoms with E-state index in [-0.39, 0.29) is 66.1 Å². The highest BCUT2D eigenvalue weighted by Gasteiger charge is 2.40. The van der Waals surface area contributed by atoms with Crippen molar-refractivity contribution in [2.24, 2.45) is 0 Å². The van der Waals surface area contributed by atoms with Gasteiger partial charge in [-0.1, -0.05) is 18.2 Å². The van der Waals surface area contributed by atoms with Gasteiger partial charge in [0.15, 0.2) is 11.5 Å². The molecule has 4 amide bonds. The molecule has 2 aromatic rings. The van der Waals surface area contributed by atoms with Crippen LogP contribution in [0.15, 0.2) is 35.9 Å². The van der Waals surface area contributed by atoms with Gasteiger partial charge in [-0.2, -0.15) is 0 Å². The van der Waals surface area contributed by atoms with Crippen molar-refractivity contribution in [3.63, 3.8) is 0 Å². The highest BCUT2D eigenvalue weighted by atomic mass is 19.4. The number of imide groups is 1. The molecular weight excluding hydrogens is 514 g/mol. The molecule has 1 fully saturated rings. The molecule has 1 unspecified atom stereocenters. The smallest absolute Gasteiger partial charge is 0.484 e. The number of fused-ring (bicyclic) bond motifs is 2. The Labute approximate surface area is 212 Å². The number of ether oxygens (including phenoxy) is 2. The van der Waals surface area contributed by atoms with Gasteiger partial charge < -0.3 is 19.7 Å². The molecule has 0 radical (unpaired) electrons. The monoisotopic (exact) mass is 533 g/mol. The van der Waals surface area contributed by atoms with Crippen LogP contribution in [0, 0.1) is 5.82 Å². The zero-order chi connectivity index (χ0) is 27.2. The number of hydrogen-bond donors (Lipinski definition) is 2. The van der Waals surface area contributed by atoms with Crippen molar-refractivity contribution in [3.05, 3.63) is 64.0 Å². The van der Waals surface area contributed by atoms with Crippen LogP contribution in [0.2, 0.25) is 0 Å². The van der Waals surface area contributed by atoms with Gasteiger partial charge in [-0.05, 0) is 24.6 Å². The van der Waals surface area contributed by atoms with Crippen molar-refractivity contribution < 1.29 is 46.2 Å². The highest BCUT2D eigenvalue weighted by molar-refractivity contribution is 6.05. The average Bonchev–Trinajstić information content (AvgIpc) is 3.19. The third-order valence-corrected chi connectivity index (χ3v) is 6.40. The SMILES string of the molecule is O=C1CCC(N2Cc3c(ccc(CNC(=O)C4=Cc5cccc(OC(F)(F)F)c5OC4)c3F)C2=O)C(=O)N1. The van der Waals surface area contributed by atoms with E-state index in [0.29, 0.717) is 0 Å². The molecule has 0 aliphatic carbocycles. The number of nitrogens with one attached hydrogen (secondary N) is 2. The minimum absolute atomic E-state index is 0.0665. The maximum absolute atomic E-state index is 15.3. The molecule has 3 aliphatic rings. The maximum atomic E-state index is 15.3. The lowest BCUT2D eigenvalue weighted by atomic mass is 10.0. The predicted molar refractivity (Wildman–Crippen MR) is 121 cm³/mol. The van der Waals surface area contributed by atoms with E-state index in [1.54, 1.807) is 0 Å². The Bertz CT molecular complexity index is 1400. The number of amides is 4. The fraction of sp³-hybridized carbons (Fsp3) is 0.280. The summed E-state index contributed by atoms with van der Waals surface area (Å²) in [6.07, 6.45) is -3.35. The maximum Gasteiger partial charge on any atom is 0.573 e. The van der Waals surface area contributed by atoms with Gasteiger partial charge in [0.05, 0.1) is 12.1 Å². The molecule has 1 saturated heterocycles. The van der Waals surface area contributed by atoms with Crippen LogP contribution >= 0.6 is 0 Å².